The van der Waals surface area contributed by atoms with Gasteiger partial charge in [0.05, 0.1) is 0 Å². The minimum Gasteiger partial charge on any atom is -0.373 e. The first-order chi connectivity index (χ1) is 15.7. The lowest BCUT2D eigenvalue weighted by Crippen LogP contribution is -2.44. The summed E-state index contributed by atoms with van der Waals surface area (Å²) in [5.41, 5.74) is 1.33. The molecule has 1 aliphatic heterocycles. The number of rotatable bonds is 4. The van der Waals surface area contributed by atoms with Crippen molar-refractivity contribution >= 4 is 23.2 Å². The largest absolute Gasteiger partial charge is 0.373 e. The van der Waals surface area contributed by atoms with Crippen LogP contribution in [0.1, 0.15) is 70.6 Å². The molecule has 6 heteroatoms. The van der Waals surface area contributed by atoms with E-state index in [0.717, 1.165) is 62.6 Å². The Labute approximate surface area is 198 Å². The van der Waals surface area contributed by atoms with Crippen molar-refractivity contribution in [3.8, 4) is 6.07 Å². The molecule has 2 fully saturated rings. The van der Waals surface area contributed by atoms with E-state index in [2.05, 4.69) is 27.3 Å². The molecular weight excluding hydrogens is 420 g/mol. The molecule has 174 valence electrons. The van der Waals surface area contributed by atoms with Gasteiger partial charge >= 0.3 is 0 Å². The lowest BCUT2D eigenvalue weighted by atomic mass is 9.97. The van der Waals surface area contributed by atoms with Gasteiger partial charge in [-0.1, -0.05) is 75.5 Å². The fraction of sp³-hybridized carbons (Fsp3) is 0.615. The van der Waals surface area contributed by atoms with E-state index in [1.54, 1.807) is 6.20 Å². The van der Waals surface area contributed by atoms with Gasteiger partial charge in [0.1, 0.15) is 11.6 Å². The van der Waals surface area contributed by atoms with Crippen LogP contribution in [-0.2, 0) is 4.79 Å². The summed E-state index contributed by atoms with van der Waals surface area (Å²) < 4.78 is 0. The highest BCUT2D eigenvalue weighted by molar-refractivity contribution is 6.30. The van der Waals surface area contributed by atoms with Crippen molar-refractivity contribution in [2.75, 3.05) is 31.1 Å². The van der Waals surface area contributed by atoms with Crippen LogP contribution in [-0.4, -0.2) is 43.0 Å². The molecule has 1 N–H and O–H groups in total. The van der Waals surface area contributed by atoms with Crippen LogP contribution in [0, 0.1) is 11.3 Å². The first kappa shape index (κ1) is 24.5. The summed E-state index contributed by atoms with van der Waals surface area (Å²) in [6, 6.07) is 10.2. The van der Waals surface area contributed by atoms with E-state index < -0.39 is 0 Å². The Bertz CT molecular complexity index is 783. The van der Waals surface area contributed by atoms with Gasteiger partial charge in [0.25, 0.3) is 5.91 Å². The third-order valence-corrected chi connectivity index (χ3v) is 6.84. The number of carbonyl (C=O) groups is 1. The molecule has 0 aromatic heterocycles. The molecule has 1 aromatic rings. The number of amides is 1. The average molecular weight is 457 g/mol. The van der Waals surface area contributed by atoms with Crippen LogP contribution >= 0.6 is 11.6 Å². The molecule has 1 heterocycles. The van der Waals surface area contributed by atoms with E-state index in [1.165, 1.54) is 44.9 Å². The third-order valence-electron chi connectivity index (χ3n) is 6.60. The molecule has 0 spiro atoms. The molecular formula is C26H37ClN4O. The minimum absolute atomic E-state index is 0.179. The van der Waals surface area contributed by atoms with Crippen molar-refractivity contribution in [3.05, 3.63) is 41.1 Å². The van der Waals surface area contributed by atoms with Crippen molar-refractivity contribution in [2.45, 2.75) is 76.7 Å². The number of halogens is 1. The first-order valence-corrected chi connectivity index (χ1v) is 12.7. The standard InChI is InChI=1S/C26H37ClN4O/c27-23-11-10-14-25(19-23)31-17-15-30(16-18-31)21-22(20-28)26(32)29-24-12-8-6-4-2-1-3-5-7-9-13-24/h10-11,14,19,21,24H,1-9,12-13,15-18H2,(H,29,32)/b22-21-. The van der Waals surface area contributed by atoms with Crippen LogP contribution in [0.3, 0.4) is 0 Å². The average Bonchev–Trinajstić information content (AvgIpc) is 2.79. The second-order valence-electron chi connectivity index (χ2n) is 9.09. The zero-order chi connectivity index (χ0) is 22.6. The van der Waals surface area contributed by atoms with Crippen LogP contribution in [0.25, 0.3) is 0 Å². The SMILES string of the molecule is N#C/C(=C/N1CCN(c2cccc(Cl)c2)CC1)C(=O)NC1CCCCCCCCCCC1. The molecule has 1 aromatic carbocycles. The molecule has 2 aliphatic rings. The zero-order valence-corrected chi connectivity index (χ0v) is 20.0. The van der Waals surface area contributed by atoms with Gasteiger partial charge in [-0.15, -0.1) is 0 Å². The number of anilines is 1. The molecule has 1 saturated heterocycles. The monoisotopic (exact) mass is 456 g/mol. The molecule has 1 aliphatic carbocycles. The van der Waals surface area contributed by atoms with Crippen LogP contribution < -0.4 is 10.2 Å². The van der Waals surface area contributed by atoms with Gasteiger partial charge in [0.15, 0.2) is 0 Å². The molecule has 0 bridgehead atoms. The fourth-order valence-corrected chi connectivity index (χ4v) is 4.86. The number of nitrogens with zero attached hydrogens (tertiary/aromatic N) is 3. The van der Waals surface area contributed by atoms with Crippen molar-refractivity contribution in [1.29, 1.82) is 5.26 Å². The van der Waals surface area contributed by atoms with E-state index in [0.29, 0.717) is 0 Å². The third kappa shape index (κ3) is 8.06. The molecule has 32 heavy (non-hydrogen) atoms. The van der Waals surface area contributed by atoms with E-state index in [-0.39, 0.29) is 17.5 Å². The Kier molecular flexibility index (Phi) is 10.2. The van der Waals surface area contributed by atoms with Crippen molar-refractivity contribution in [1.82, 2.24) is 10.2 Å². The van der Waals surface area contributed by atoms with Crippen molar-refractivity contribution in [2.24, 2.45) is 0 Å². The van der Waals surface area contributed by atoms with Crippen LogP contribution in [0.5, 0.6) is 0 Å². The van der Waals surface area contributed by atoms with Gasteiger partial charge in [0, 0.05) is 49.1 Å². The Hall–Kier alpha value is -2.19. The smallest absolute Gasteiger partial charge is 0.263 e. The first-order valence-electron chi connectivity index (χ1n) is 12.3. The Morgan fingerprint density at radius 1 is 0.969 bits per heavy atom. The second kappa shape index (κ2) is 13.4. The van der Waals surface area contributed by atoms with Gasteiger partial charge in [-0.3, -0.25) is 4.79 Å². The fourth-order valence-electron chi connectivity index (χ4n) is 4.67. The summed E-state index contributed by atoms with van der Waals surface area (Å²) in [5, 5.41) is 13.5. The van der Waals surface area contributed by atoms with Crippen LogP contribution in [0.2, 0.25) is 5.02 Å². The summed E-state index contributed by atoms with van der Waals surface area (Å²) in [6.45, 7) is 3.21. The number of benzene rings is 1. The summed E-state index contributed by atoms with van der Waals surface area (Å²) in [4.78, 5) is 17.2. The van der Waals surface area contributed by atoms with E-state index >= 15 is 0 Å². The van der Waals surface area contributed by atoms with Gasteiger partial charge in [-0.25, -0.2) is 0 Å². The van der Waals surface area contributed by atoms with Gasteiger partial charge in [-0.05, 0) is 31.0 Å². The summed E-state index contributed by atoms with van der Waals surface area (Å²) in [6.07, 6.45) is 15.2. The predicted octanol–water partition coefficient (Wildman–Crippen LogP) is 5.66. The number of carbonyl (C=O) groups excluding carboxylic acids is 1. The van der Waals surface area contributed by atoms with Gasteiger partial charge in [0.2, 0.25) is 0 Å². The predicted molar refractivity (Wildman–Crippen MR) is 132 cm³/mol. The summed E-state index contributed by atoms with van der Waals surface area (Å²) >= 11 is 6.12. The highest BCUT2D eigenvalue weighted by atomic mass is 35.5. The maximum atomic E-state index is 12.9. The lowest BCUT2D eigenvalue weighted by molar-refractivity contribution is -0.118. The summed E-state index contributed by atoms with van der Waals surface area (Å²) in [7, 11) is 0. The molecule has 0 radical (unpaired) electrons. The Morgan fingerprint density at radius 3 is 2.12 bits per heavy atom. The topological polar surface area (TPSA) is 59.4 Å². The minimum atomic E-state index is -0.220. The van der Waals surface area contributed by atoms with Gasteiger partial charge < -0.3 is 15.1 Å². The Balaban J connectivity index is 1.52. The van der Waals surface area contributed by atoms with Crippen LogP contribution in [0.15, 0.2) is 36.0 Å². The maximum Gasteiger partial charge on any atom is 0.263 e. The van der Waals surface area contributed by atoms with E-state index in [4.69, 9.17) is 11.6 Å². The maximum absolute atomic E-state index is 12.9. The number of hydrogen-bond donors (Lipinski definition) is 1. The number of nitrogens with one attached hydrogen (secondary N) is 1. The number of piperazine rings is 1. The lowest BCUT2D eigenvalue weighted by Gasteiger charge is -2.35. The zero-order valence-electron chi connectivity index (χ0n) is 19.2. The molecule has 1 saturated carbocycles. The van der Waals surface area contributed by atoms with E-state index in [1.807, 2.05) is 18.2 Å². The summed E-state index contributed by atoms with van der Waals surface area (Å²) in [5.74, 6) is -0.220. The molecule has 0 atom stereocenters. The van der Waals surface area contributed by atoms with Crippen LogP contribution in [0.4, 0.5) is 5.69 Å². The normalized spacial score (nSPS) is 20.1. The quantitative estimate of drug-likeness (QED) is 0.469. The molecule has 5 nitrogen and oxygen atoms in total. The highest BCUT2D eigenvalue weighted by Crippen LogP contribution is 2.21. The second-order valence-corrected chi connectivity index (χ2v) is 9.52. The Morgan fingerprint density at radius 2 is 1.56 bits per heavy atom. The number of hydrogen-bond acceptors (Lipinski definition) is 4. The molecule has 1 amide bonds. The van der Waals surface area contributed by atoms with E-state index in [9.17, 15) is 10.1 Å². The molecule has 0 unspecified atom stereocenters. The highest BCUT2D eigenvalue weighted by Gasteiger charge is 2.20. The molecule has 3 rings (SSSR count). The van der Waals surface area contributed by atoms with Crippen molar-refractivity contribution < 1.29 is 4.79 Å². The number of nitriles is 1. The van der Waals surface area contributed by atoms with Crippen molar-refractivity contribution in [3.63, 3.8) is 0 Å². The van der Waals surface area contributed by atoms with Gasteiger partial charge in [-0.2, -0.15) is 5.26 Å².